The summed E-state index contributed by atoms with van der Waals surface area (Å²) in [5, 5.41) is 16.1. The summed E-state index contributed by atoms with van der Waals surface area (Å²) >= 11 is 0. The molecule has 96 valence electrons. The third-order valence-corrected chi connectivity index (χ3v) is 3.75. The summed E-state index contributed by atoms with van der Waals surface area (Å²) < 4.78 is 1.37. The van der Waals surface area contributed by atoms with E-state index in [2.05, 4.69) is 20.5 Å². The van der Waals surface area contributed by atoms with Gasteiger partial charge in [0.1, 0.15) is 5.52 Å². The monoisotopic (exact) mass is 256 g/mol. The molecule has 0 N–H and O–H groups in total. The van der Waals surface area contributed by atoms with Crippen LogP contribution in [0.4, 0.5) is 4.79 Å². The first-order valence-corrected chi connectivity index (χ1v) is 6.31. The van der Waals surface area contributed by atoms with Gasteiger partial charge < -0.3 is 4.90 Å². The quantitative estimate of drug-likeness (QED) is 0.719. The molecular formula is C12H12N6O. The molecule has 4 rings (SSSR count). The fraction of sp³-hybridized carbons (Fsp3) is 0.417. The van der Waals surface area contributed by atoms with Crippen LogP contribution in [0.5, 0.6) is 0 Å². The molecule has 7 heteroatoms. The molecule has 3 heterocycles. The molecule has 0 atom stereocenters. The van der Waals surface area contributed by atoms with Gasteiger partial charge in [-0.05, 0) is 12.1 Å². The molecular weight excluding hydrogens is 244 g/mol. The van der Waals surface area contributed by atoms with Gasteiger partial charge >= 0.3 is 6.03 Å². The molecule has 7 nitrogen and oxygen atoms in total. The van der Waals surface area contributed by atoms with Crippen molar-refractivity contribution in [3.05, 3.63) is 24.3 Å². The summed E-state index contributed by atoms with van der Waals surface area (Å²) in [5.74, 6) is 0. The first-order chi connectivity index (χ1) is 9.27. The minimum absolute atomic E-state index is 0.121. The molecule has 2 aliphatic rings. The van der Waals surface area contributed by atoms with Crippen molar-refractivity contribution in [1.29, 1.82) is 0 Å². The molecule has 2 aliphatic heterocycles. The minimum Gasteiger partial charge on any atom is -0.322 e. The summed E-state index contributed by atoms with van der Waals surface area (Å²) in [7, 11) is 0. The van der Waals surface area contributed by atoms with E-state index in [1.165, 1.54) is 4.68 Å². The molecule has 19 heavy (non-hydrogen) atoms. The maximum Gasteiger partial charge on any atom is 0.346 e. The fourth-order valence-electron chi connectivity index (χ4n) is 2.47. The Kier molecular flexibility index (Phi) is 2.01. The lowest BCUT2D eigenvalue weighted by atomic mass is 10.0. The molecule has 0 aliphatic carbocycles. The summed E-state index contributed by atoms with van der Waals surface area (Å²) in [5.41, 5.74) is 1.31. The highest BCUT2D eigenvalue weighted by molar-refractivity contribution is 5.87. The van der Waals surface area contributed by atoms with Crippen LogP contribution >= 0.6 is 0 Å². The second-order valence-corrected chi connectivity index (χ2v) is 4.94. The van der Waals surface area contributed by atoms with E-state index in [9.17, 15) is 4.79 Å². The summed E-state index contributed by atoms with van der Waals surface area (Å²) in [4.78, 5) is 14.2. The van der Waals surface area contributed by atoms with E-state index in [0.717, 1.165) is 23.9 Å². The molecule has 0 saturated carbocycles. The number of amides is 1. The zero-order valence-electron chi connectivity index (χ0n) is 10.2. The summed E-state index contributed by atoms with van der Waals surface area (Å²) in [6.07, 6.45) is 1.62. The van der Waals surface area contributed by atoms with Crippen molar-refractivity contribution < 1.29 is 4.79 Å². The Morgan fingerprint density at radius 3 is 2.63 bits per heavy atom. The number of aromatic nitrogens is 3. The number of likely N-dealkylation sites (tertiary alicyclic amines) is 1. The van der Waals surface area contributed by atoms with E-state index in [0.29, 0.717) is 13.1 Å². The topological polar surface area (TPSA) is 75.7 Å². The van der Waals surface area contributed by atoms with E-state index in [4.69, 9.17) is 0 Å². The molecule has 2 aromatic rings. The van der Waals surface area contributed by atoms with E-state index >= 15 is 0 Å². The normalized spacial score (nSPS) is 20.1. The summed E-state index contributed by atoms with van der Waals surface area (Å²) in [6.45, 7) is 1.33. The molecule has 1 amide bonds. The number of carbonyl (C=O) groups excluding carboxylic acids is 1. The standard InChI is InChI=1S/C12H12N6O/c19-11(17-7-5-12(6-8-17)14-15-12)18-10-4-2-1-3-9(10)13-16-18/h1-4H,5-8H2. The number of carbonyl (C=O) groups is 1. The molecule has 1 spiro atoms. The molecule has 0 radical (unpaired) electrons. The number of benzene rings is 1. The molecule has 1 aromatic heterocycles. The van der Waals surface area contributed by atoms with Gasteiger partial charge in [0.25, 0.3) is 0 Å². The van der Waals surface area contributed by atoms with Crippen LogP contribution in [0.1, 0.15) is 12.8 Å². The van der Waals surface area contributed by atoms with Crippen LogP contribution in [-0.4, -0.2) is 44.7 Å². The van der Waals surface area contributed by atoms with Crippen molar-refractivity contribution in [2.45, 2.75) is 18.5 Å². The van der Waals surface area contributed by atoms with Crippen molar-refractivity contribution in [3.8, 4) is 0 Å². The Balaban J connectivity index is 1.60. The molecule has 1 fully saturated rings. The van der Waals surface area contributed by atoms with Gasteiger partial charge in [0.2, 0.25) is 0 Å². The average molecular weight is 256 g/mol. The van der Waals surface area contributed by atoms with Crippen LogP contribution in [0, 0.1) is 0 Å². The van der Waals surface area contributed by atoms with Crippen LogP contribution in [0.3, 0.4) is 0 Å². The zero-order valence-corrected chi connectivity index (χ0v) is 10.2. The first-order valence-electron chi connectivity index (χ1n) is 6.31. The van der Waals surface area contributed by atoms with Gasteiger partial charge in [-0.3, -0.25) is 0 Å². The van der Waals surface area contributed by atoms with Crippen molar-refractivity contribution in [2.24, 2.45) is 10.2 Å². The van der Waals surface area contributed by atoms with Gasteiger partial charge in [-0.25, -0.2) is 4.79 Å². The second-order valence-electron chi connectivity index (χ2n) is 4.94. The van der Waals surface area contributed by atoms with Crippen molar-refractivity contribution in [3.63, 3.8) is 0 Å². The van der Waals surface area contributed by atoms with Crippen molar-refractivity contribution in [2.75, 3.05) is 13.1 Å². The zero-order chi connectivity index (χ0) is 12.9. The highest BCUT2D eigenvalue weighted by Gasteiger charge is 2.44. The minimum atomic E-state index is -0.165. The largest absolute Gasteiger partial charge is 0.346 e. The van der Waals surface area contributed by atoms with Gasteiger partial charge in [-0.2, -0.15) is 14.9 Å². The third-order valence-electron chi connectivity index (χ3n) is 3.75. The van der Waals surface area contributed by atoms with Crippen LogP contribution in [0.25, 0.3) is 11.0 Å². The molecule has 1 aromatic carbocycles. The SMILES string of the molecule is O=C(N1CCC2(CC1)N=N2)n1nnc2ccccc21. The van der Waals surface area contributed by atoms with Gasteiger partial charge in [0.15, 0.2) is 5.66 Å². The van der Waals surface area contributed by atoms with E-state index in [1.54, 1.807) is 4.90 Å². The number of fused-ring (bicyclic) bond motifs is 1. The third kappa shape index (κ3) is 1.61. The Labute approximate surface area is 108 Å². The van der Waals surface area contributed by atoms with Crippen molar-refractivity contribution >= 4 is 17.1 Å². The van der Waals surface area contributed by atoms with E-state index in [-0.39, 0.29) is 11.7 Å². The fourth-order valence-corrected chi connectivity index (χ4v) is 2.47. The number of hydrogen-bond acceptors (Lipinski definition) is 5. The van der Waals surface area contributed by atoms with E-state index < -0.39 is 0 Å². The highest BCUT2D eigenvalue weighted by atomic mass is 16.2. The van der Waals surface area contributed by atoms with Gasteiger partial charge in [-0.1, -0.05) is 17.3 Å². The molecule has 0 unspecified atom stereocenters. The van der Waals surface area contributed by atoms with E-state index in [1.807, 2.05) is 24.3 Å². The van der Waals surface area contributed by atoms with Gasteiger partial charge in [0.05, 0.1) is 5.52 Å². The number of para-hydroxylation sites is 1. The Hall–Kier alpha value is -2.31. The predicted octanol–water partition coefficient (Wildman–Crippen LogP) is 1.66. The van der Waals surface area contributed by atoms with Gasteiger partial charge in [-0.15, -0.1) is 5.10 Å². The van der Waals surface area contributed by atoms with Crippen LogP contribution in [0.2, 0.25) is 0 Å². The number of hydrogen-bond donors (Lipinski definition) is 0. The van der Waals surface area contributed by atoms with Crippen LogP contribution < -0.4 is 0 Å². The predicted molar refractivity (Wildman–Crippen MR) is 66.7 cm³/mol. The lowest BCUT2D eigenvalue weighted by Crippen LogP contribution is -2.43. The average Bonchev–Trinajstić information content (AvgIpc) is 3.06. The molecule has 0 bridgehead atoms. The van der Waals surface area contributed by atoms with Crippen molar-refractivity contribution in [1.82, 2.24) is 19.9 Å². The molecule has 1 saturated heterocycles. The number of nitrogens with zero attached hydrogens (tertiary/aromatic N) is 6. The Morgan fingerprint density at radius 1 is 1.16 bits per heavy atom. The number of piperidine rings is 1. The second kappa shape index (κ2) is 3.59. The highest BCUT2D eigenvalue weighted by Crippen LogP contribution is 2.38. The van der Waals surface area contributed by atoms with Gasteiger partial charge in [0, 0.05) is 25.9 Å². The maximum absolute atomic E-state index is 12.4. The maximum atomic E-state index is 12.4. The smallest absolute Gasteiger partial charge is 0.322 e. The Morgan fingerprint density at radius 2 is 1.89 bits per heavy atom. The van der Waals surface area contributed by atoms with Crippen LogP contribution in [-0.2, 0) is 0 Å². The first kappa shape index (κ1) is 10.6. The number of rotatable bonds is 0. The lowest BCUT2D eigenvalue weighted by molar-refractivity contribution is 0.175. The van der Waals surface area contributed by atoms with Crippen LogP contribution in [0.15, 0.2) is 34.5 Å². The Bertz CT molecular complexity index is 674. The summed E-state index contributed by atoms with van der Waals surface area (Å²) in [6, 6.07) is 7.34. The lowest BCUT2D eigenvalue weighted by Gasteiger charge is -2.28.